The van der Waals surface area contributed by atoms with Gasteiger partial charge in [-0.3, -0.25) is 4.79 Å². The summed E-state index contributed by atoms with van der Waals surface area (Å²) in [5, 5.41) is 0. The molecule has 1 aliphatic rings. The van der Waals surface area contributed by atoms with Crippen molar-refractivity contribution in [1.82, 2.24) is 0 Å². The maximum atomic E-state index is 12.6. The predicted molar refractivity (Wildman–Crippen MR) is 66.2 cm³/mol. The molecule has 98 valence electrons. The van der Waals surface area contributed by atoms with E-state index in [2.05, 4.69) is 0 Å². The van der Waals surface area contributed by atoms with E-state index in [-0.39, 0.29) is 18.9 Å². The van der Waals surface area contributed by atoms with Gasteiger partial charge in [0.15, 0.2) is 0 Å². The molecule has 18 heavy (non-hydrogen) atoms. The number of amides is 1. The van der Waals surface area contributed by atoms with Gasteiger partial charge < -0.3 is 10.6 Å². The number of hydrogen-bond donors (Lipinski definition) is 1. The van der Waals surface area contributed by atoms with Gasteiger partial charge in [-0.2, -0.15) is 8.42 Å². The molecule has 1 atom stereocenters. The first kappa shape index (κ1) is 12.8. The number of nitrogen functional groups attached to an aromatic ring is 1. The highest BCUT2D eigenvalue weighted by Crippen LogP contribution is 2.26. The Hall–Kier alpha value is -1.63. The van der Waals surface area contributed by atoms with Crippen LogP contribution in [0.3, 0.4) is 0 Å². The van der Waals surface area contributed by atoms with Gasteiger partial charge in [-0.1, -0.05) is 0 Å². The molecule has 1 amide bonds. The summed E-state index contributed by atoms with van der Waals surface area (Å²) in [4.78, 5) is 13.2. The van der Waals surface area contributed by atoms with E-state index in [4.69, 9.17) is 5.73 Å². The first-order valence-electron chi connectivity index (χ1n) is 5.43. The van der Waals surface area contributed by atoms with Crippen LogP contribution in [0, 0.1) is 5.92 Å². The van der Waals surface area contributed by atoms with E-state index in [1.165, 1.54) is 4.90 Å². The summed E-state index contributed by atoms with van der Waals surface area (Å²) in [7, 11) is -4.54. The van der Waals surface area contributed by atoms with Crippen molar-refractivity contribution in [3.63, 3.8) is 0 Å². The highest BCUT2D eigenvalue weighted by atomic mass is 32.3. The molecule has 0 bridgehead atoms. The van der Waals surface area contributed by atoms with Crippen molar-refractivity contribution in [1.29, 1.82) is 0 Å². The van der Waals surface area contributed by atoms with E-state index in [0.717, 1.165) is 0 Å². The number of carbonyl (C=O) groups excluding carboxylic acids is 1. The van der Waals surface area contributed by atoms with Crippen LogP contribution in [-0.2, 0) is 15.0 Å². The summed E-state index contributed by atoms with van der Waals surface area (Å²) >= 11 is 0. The molecule has 1 heterocycles. The molecule has 2 rings (SSSR count). The number of carbonyl (C=O) groups is 1. The lowest BCUT2D eigenvalue weighted by atomic mass is 10.1. The Morgan fingerprint density at radius 3 is 2.50 bits per heavy atom. The number of benzene rings is 1. The highest BCUT2D eigenvalue weighted by molar-refractivity contribution is 7.86. The van der Waals surface area contributed by atoms with Crippen LogP contribution >= 0.6 is 0 Å². The predicted octanol–water partition coefficient (Wildman–Crippen LogP) is 0.921. The van der Waals surface area contributed by atoms with Gasteiger partial charge in [-0.05, 0) is 24.3 Å². The summed E-state index contributed by atoms with van der Waals surface area (Å²) in [5.74, 6) is -1.30. The minimum Gasteiger partial charge on any atom is -0.399 e. The lowest BCUT2D eigenvalue weighted by Crippen LogP contribution is -2.25. The fraction of sp³-hybridized carbons (Fsp3) is 0.364. The maximum absolute atomic E-state index is 12.6. The smallest absolute Gasteiger partial charge is 0.302 e. The second-order valence-corrected chi connectivity index (χ2v) is 5.78. The summed E-state index contributed by atoms with van der Waals surface area (Å²) in [6.07, 6.45) is 0.0491. The number of nitrogens with two attached hydrogens (primary N) is 1. The first-order valence-corrected chi connectivity index (χ1v) is 6.98. The number of anilines is 2. The Morgan fingerprint density at radius 1 is 1.33 bits per heavy atom. The molecule has 1 aliphatic heterocycles. The molecule has 0 saturated carbocycles. The van der Waals surface area contributed by atoms with Gasteiger partial charge in [0.25, 0.3) is 0 Å². The van der Waals surface area contributed by atoms with Crippen LogP contribution in [0.1, 0.15) is 6.42 Å². The molecule has 5 nitrogen and oxygen atoms in total. The summed E-state index contributed by atoms with van der Waals surface area (Å²) < 4.78 is 33.7. The number of hydrogen-bond acceptors (Lipinski definition) is 4. The normalized spacial score (nSPS) is 20.4. The van der Waals surface area contributed by atoms with Gasteiger partial charge >= 0.3 is 10.2 Å². The van der Waals surface area contributed by atoms with Crippen molar-refractivity contribution in [2.45, 2.75) is 6.42 Å². The van der Waals surface area contributed by atoms with Gasteiger partial charge in [-0.25, -0.2) is 0 Å². The van der Waals surface area contributed by atoms with Gasteiger partial charge in [-0.15, -0.1) is 3.89 Å². The van der Waals surface area contributed by atoms with Gasteiger partial charge in [0, 0.05) is 30.3 Å². The number of nitrogens with zero attached hydrogens (tertiary/aromatic N) is 1. The lowest BCUT2D eigenvalue weighted by Gasteiger charge is -2.16. The molecule has 0 aromatic heterocycles. The molecule has 7 heteroatoms. The van der Waals surface area contributed by atoms with E-state index < -0.39 is 21.9 Å². The molecule has 0 radical (unpaired) electrons. The van der Waals surface area contributed by atoms with Crippen molar-refractivity contribution in [3.05, 3.63) is 24.3 Å². The molecule has 1 fully saturated rings. The third-order valence-electron chi connectivity index (χ3n) is 2.84. The molecule has 1 aromatic carbocycles. The Kier molecular flexibility index (Phi) is 3.25. The Morgan fingerprint density at radius 2 is 1.94 bits per heavy atom. The fourth-order valence-corrected chi connectivity index (χ4v) is 2.86. The Balaban J connectivity index is 2.12. The molecular formula is C11H13FN2O3S. The first-order chi connectivity index (χ1) is 8.35. The Labute approximate surface area is 105 Å². The average Bonchev–Trinajstić information content (AvgIpc) is 2.58. The van der Waals surface area contributed by atoms with Crippen LogP contribution in [0.15, 0.2) is 24.3 Å². The monoisotopic (exact) mass is 272 g/mol. The summed E-state index contributed by atoms with van der Waals surface area (Å²) in [5.41, 5.74) is 6.76. The summed E-state index contributed by atoms with van der Waals surface area (Å²) in [6.45, 7) is 0.214. The second-order valence-electron chi connectivity index (χ2n) is 4.37. The number of rotatable bonds is 3. The largest absolute Gasteiger partial charge is 0.399 e. The zero-order valence-electron chi connectivity index (χ0n) is 9.54. The lowest BCUT2D eigenvalue weighted by molar-refractivity contribution is -0.117. The molecule has 0 aliphatic carbocycles. The molecule has 1 saturated heterocycles. The number of halogens is 1. The van der Waals surface area contributed by atoms with Crippen LogP contribution in [0.25, 0.3) is 0 Å². The van der Waals surface area contributed by atoms with E-state index in [0.29, 0.717) is 11.4 Å². The van der Waals surface area contributed by atoms with Gasteiger partial charge in [0.1, 0.15) is 0 Å². The summed E-state index contributed by atoms with van der Waals surface area (Å²) in [6, 6.07) is 6.67. The molecule has 1 aromatic rings. The van der Waals surface area contributed by atoms with Crippen LogP contribution in [0.5, 0.6) is 0 Å². The molecule has 2 N–H and O–H groups in total. The highest BCUT2D eigenvalue weighted by Gasteiger charge is 2.33. The van der Waals surface area contributed by atoms with Crippen molar-refractivity contribution in [2.24, 2.45) is 5.92 Å². The third kappa shape index (κ3) is 2.98. The average molecular weight is 272 g/mol. The van der Waals surface area contributed by atoms with Gasteiger partial charge in [0.2, 0.25) is 5.91 Å². The minimum absolute atomic E-state index is 0.0491. The molecule has 0 spiro atoms. The van der Waals surface area contributed by atoms with Crippen LogP contribution in [0.2, 0.25) is 0 Å². The van der Waals surface area contributed by atoms with E-state index in [1.54, 1.807) is 24.3 Å². The SMILES string of the molecule is Nc1ccc(N2CC(CS(=O)(=O)F)CC2=O)cc1. The van der Waals surface area contributed by atoms with E-state index >= 15 is 0 Å². The zero-order valence-corrected chi connectivity index (χ0v) is 10.4. The third-order valence-corrected chi connectivity index (χ3v) is 3.71. The molecular weight excluding hydrogens is 259 g/mol. The van der Waals surface area contributed by atoms with Crippen molar-refractivity contribution >= 4 is 27.5 Å². The zero-order chi connectivity index (χ0) is 13.3. The molecule has 1 unspecified atom stereocenters. The topological polar surface area (TPSA) is 80.5 Å². The van der Waals surface area contributed by atoms with Crippen LogP contribution in [0.4, 0.5) is 15.3 Å². The van der Waals surface area contributed by atoms with Crippen molar-refractivity contribution in [3.8, 4) is 0 Å². The fourth-order valence-electron chi connectivity index (χ4n) is 2.08. The van der Waals surface area contributed by atoms with Crippen molar-refractivity contribution in [2.75, 3.05) is 22.9 Å². The minimum atomic E-state index is -4.54. The van der Waals surface area contributed by atoms with E-state index in [1.807, 2.05) is 0 Å². The van der Waals surface area contributed by atoms with Crippen LogP contribution < -0.4 is 10.6 Å². The second kappa shape index (κ2) is 4.56. The Bertz CT molecular complexity index is 556. The van der Waals surface area contributed by atoms with Gasteiger partial charge in [0.05, 0.1) is 5.75 Å². The van der Waals surface area contributed by atoms with E-state index in [9.17, 15) is 17.1 Å². The standard InChI is InChI=1S/C11H13FN2O3S/c12-18(16,17)7-8-5-11(15)14(6-8)10-3-1-9(13)2-4-10/h1-4,8H,5-7,13H2. The quantitative estimate of drug-likeness (QED) is 0.655. The van der Waals surface area contributed by atoms with Crippen LogP contribution in [-0.4, -0.2) is 26.6 Å². The maximum Gasteiger partial charge on any atom is 0.302 e. The van der Waals surface area contributed by atoms with Crippen molar-refractivity contribution < 1.29 is 17.1 Å².